The SMILES string of the molecule is CCC(=O)N1c2ccccc2NC2=C(C(=O)CC(c3ccc(OC)cc3)C2)C1c1ccc(C(=O)OC)cc1. The number of Topliss-reactive ketones (excluding diaryl/α,β-unsaturated/α-hetero) is 1. The van der Waals surface area contributed by atoms with Gasteiger partial charge >= 0.3 is 5.97 Å². The minimum Gasteiger partial charge on any atom is -0.497 e. The van der Waals surface area contributed by atoms with Crippen LogP contribution in [0.25, 0.3) is 0 Å². The first-order valence-electron chi connectivity index (χ1n) is 12.7. The van der Waals surface area contributed by atoms with Crippen molar-refractivity contribution in [3.05, 3.63) is 101 Å². The summed E-state index contributed by atoms with van der Waals surface area (Å²) in [6.45, 7) is 1.82. The second-order valence-electron chi connectivity index (χ2n) is 9.47. The lowest BCUT2D eigenvalue weighted by Crippen LogP contribution is -2.38. The second kappa shape index (κ2) is 10.5. The van der Waals surface area contributed by atoms with Gasteiger partial charge in [0.2, 0.25) is 5.91 Å². The number of fused-ring (bicyclic) bond motifs is 1. The molecule has 1 aliphatic carbocycles. The molecule has 0 aromatic heterocycles. The minimum absolute atomic E-state index is 0.0108. The Hall–Kier alpha value is -4.39. The summed E-state index contributed by atoms with van der Waals surface area (Å²) in [5.74, 6) is 0.203. The molecule has 1 aliphatic heterocycles. The van der Waals surface area contributed by atoms with Crippen LogP contribution in [-0.4, -0.2) is 31.9 Å². The zero-order chi connectivity index (χ0) is 26.8. The molecule has 0 spiro atoms. The van der Waals surface area contributed by atoms with Crippen LogP contribution in [0.2, 0.25) is 0 Å². The summed E-state index contributed by atoms with van der Waals surface area (Å²) in [4.78, 5) is 41.2. The van der Waals surface area contributed by atoms with Gasteiger partial charge in [0.15, 0.2) is 5.78 Å². The fraction of sp³-hybridized carbons (Fsp3) is 0.258. The van der Waals surface area contributed by atoms with Crippen LogP contribution in [0.3, 0.4) is 0 Å². The number of amides is 1. The summed E-state index contributed by atoms with van der Waals surface area (Å²) < 4.78 is 10.2. The van der Waals surface area contributed by atoms with Crippen LogP contribution in [0.15, 0.2) is 84.1 Å². The molecule has 7 nitrogen and oxygen atoms in total. The van der Waals surface area contributed by atoms with Gasteiger partial charge in [-0.3, -0.25) is 14.5 Å². The molecular formula is C31H30N2O5. The predicted octanol–water partition coefficient (Wildman–Crippen LogP) is 5.79. The average Bonchev–Trinajstić information content (AvgIpc) is 3.11. The van der Waals surface area contributed by atoms with Gasteiger partial charge in [-0.15, -0.1) is 0 Å². The number of allylic oxidation sites excluding steroid dienone is 1. The fourth-order valence-corrected chi connectivity index (χ4v) is 5.38. The van der Waals surface area contributed by atoms with Crippen LogP contribution in [0.5, 0.6) is 5.75 Å². The van der Waals surface area contributed by atoms with E-state index in [4.69, 9.17) is 9.47 Å². The van der Waals surface area contributed by atoms with Crippen LogP contribution in [-0.2, 0) is 14.3 Å². The molecule has 194 valence electrons. The van der Waals surface area contributed by atoms with Crippen molar-refractivity contribution in [2.75, 3.05) is 24.4 Å². The number of anilines is 2. The first-order chi connectivity index (χ1) is 18.4. The van der Waals surface area contributed by atoms with Crippen molar-refractivity contribution in [3.63, 3.8) is 0 Å². The standard InChI is InChI=1S/C31H30N2O5/c1-4-28(35)33-26-8-6-5-7-24(26)32-25-17-22(19-13-15-23(37-2)16-14-19)18-27(34)29(25)30(33)20-9-11-21(12-10-20)31(36)38-3/h5-16,22,30,32H,4,17-18H2,1-3H3. The lowest BCUT2D eigenvalue weighted by Gasteiger charge is -2.35. The second-order valence-corrected chi connectivity index (χ2v) is 9.47. The first-order valence-corrected chi connectivity index (χ1v) is 12.7. The summed E-state index contributed by atoms with van der Waals surface area (Å²) in [7, 11) is 2.97. The van der Waals surface area contributed by atoms with Gasteiger partial charge in [0.1, 0.15) is 5.75 Å². The number of esters is 1. The van der Waals surface area contributed by atoms with Crippen LogP contribution in [0.4, 0.5) is 11.4 Å². The zero-order valence-electron chi connectivity index (χ0n) is 21.7. The highest BCUT2D eigenvalue weighted by Gasteiger charge is 2.41. The number of ether oxygens (including phenoxy) is 2. The number of para-hydroxylation sites is 2. The molecule has 1 N–H and O–H groups in total. The highest BCUT2D eigenvalue weighted by Crippen LogP contribution is 2.47. The fourth-order valence-electron chi connectivity index (χ4n) is 5.38. The van der Waals surface area contributed by atoms with Gasteiger partial charge in [0, 0.05) is 24.1 Å². The van der Waals surface area contributed by atoms with Crippen molar-refractivity contribution < 1.29 is 23.9 Å². The van der Waals surface area contributed by atoms with Crippen molar-refractivity contribution in [1.82, 2.24) is 0 Å². The van der Waals surface area contributed by atoms with Crippen LogP contribution in [0, 0.1) is 0 Å². The maximum Gasteiger partial charge on any atom is 0.337 e. The third-order valence-corrected chi connectivity index (χ3v) is 7.29. The Labute approximate surface area is 222 Å². The molecule has 5 rings (SSSR count). The number of carbonyl (C=O) groups is 3. The molecule has 7 heteroatoms. The van der Waals surface area contributed by atoms with E-state index in [-0.39, 0.29) is 24.0 Å². The van der Waals surface area contributed by atoms with Crippen molar-refractivity contribution in [1.29, 1.82) is 0 Å². The van der Waals surface area contributed by atoms with E-state index in [2.05, 4.69) is 5.32 Å². The van der Waals surface area contributed by atoms with Crippen LogP contribution < -0.4 is 15.0 Å². The van der Waals surface area contributed by atoms with E-state index in [1.807, 2.05) is 55.5 Å². The van der Waals surface area contributed by atoms with Crippen molar-refractivity contribution in [2.45, 2.75) is 38.1 Å². The molecular weight excluding hydrogens is 480 g/mol. The third kappa shape index (κ3) is 4.56. The summed E-state index contributed by atoms with van der Waals surface area (Å²) in [6, 6.07) is 21.8. The molecule has 3 aromatic carbocycles. The molecule has 2 unspecified atom stereocenters. The highest BCUT2D eigenvalue weighted by atomic mass is 16.5. The van der Waals surface area contributed by atoms with E-state index in [1.165, 1.54) is 7.11 Å². The maximum atomic E-state index is 14.0. The Morgan fingerprint density at radius 3 is 2.26 bits per heavy atom. The maximum absolute atomic E-state index is 14.0. The molecule has 1 heterocycles. The molecule has 2 atom stereocenters. The van der Waals surface area contributed by atoms with Gasteiger partial charge in [-0.25, -0.2) is 4.79 Å². The summed E-state index contributed by atoms with van der Waals surface area (Å²) in [5.41, 5.74) is 5.09. The topological polar surface area (TPSA) is 84.9 Å². The lowest BCUT2D eigenvalue weighted by molar-refractivity contribution is -0.119. The Morgan fingerprint density at radius 2 is 1.61 bits per heavy atom. The predicted molar refractivity (Wildman–Crippen MR) is 145 cm³/mol. The number of methoxy groups -OCH3 is 2. The van der Waals surface area contributed by atoms with Crippen molar-refractivity contribution in [2.24, 2.45) is 0 Å². The molecule has 1 amide bonds. The summed E-state index contributed by atoms with van der Waals surface area (Å²) in [5, 5.41) is 3.53. The molecule has 38 heavy (non-hydrogen) atoms. The van der Waals surface area contributed by atoms with E-state index in [0.29, 0.717) is 29.7 Å². The van der Waals surface area contributed by atoms with Crippen molar-refractivity contribution in [3.8, 4) is 5.75 Å². The smallest absolute Gasteiger partial charge is 0.337 e. The number of benzene rings is 3. The Bertz CT molecular complexity index is 1410. The Kier molecular flexibility index (Phi) is 7.01. The van der Waals surface area contributed by atoms with Gasteiger partial charge in [-0.1, -0.05) is 43.3 Å². The third-order valence-electron chi connectivity index (χ3n) is 7.29. The molecule has 2 aliphatic rings. The zero-order valence-corrected chi connectivity index (χ0v) is 21.7. The largest absolute Gasteiger partial charge is 0.497 e. The molecule has 0 saturated heterocycles. The first kappa shape index (κ1) is 25.3. The van der Waals surface area contributed by atoms with Gasteiger partial charge in [-0.2, -0.15) is 0 Å². The Morgan fingerprint density at radius 1 is 0.921 bits per heavy atom. The minimum atomic E-state index is -0.635. The van der Waals surface area contributed by atoms with E-state index in [0.717, 1.165) is 28.3 Å². The van der Waals surface area contributed by atoms with E-state index >= 15 is 0 Å². The normalized spacial score (nSPS) is 18.6. The van der Waals surface area contributed by atoms with Crippen LogP contribution >= 0.6 is 0 Å². The number of carbonyl (C=O) groups excluding carboxylic acids is 3. The van der Waals surface area contributed by atoms with Gasteiger partial charge in [-0.05, 0) is 59.9 Å². The summed E-state index contributed by atoms with van der Waals surface area (Å²) in [6.07, 6.45) is 1.22. The van der Waals surface area contributed by atoms with Gasteiger partial charge in [0.25, 0.3) is 0 Å². The van der Waals surface area contributed by atoms with E-state index in [9.17, 15) is 14.4 Å². The quantitative estimate of drug-likeness (QED) is 0.437. The number of hydrogen-bond acceptors (Lipinski definition) is 6. The number of nitrogens with one attached hydrogen (secondary N) is 1. The highest BCUT2D eigenvalue weighted by molar-refractivity contribution is 6.06. The molecule has 0 fully saturated rings. The molecule has 0 saturated carbocycles. The molecule has 3 aromatic rings. The van der Waals surface area contributed by atoms with E-state index in [1.54, 1.807) is 36.3 Å². The van der Waals surface area contributed by atoms with Crippen LogP contribution in [0.1, 0.15) is 59.6 Å². The lowest BCUT2D eigenvalue weighted by atomic mass is 9.78. The molecule has 0 radical (unpaired) electrons. The van der Waals surface area contributed by atoms with E-state index < -0.39 is 12.0 Å². The molecule has 0 bridgehead atoms. The number of nitrogens with zero attached hydrogens (tertiary/aromatic N) is 1. The van der Waals surface area contributed by atoms with Gasteiger partial charge in [0.05, 0.1) is 37.2 Å². The summed E-state index contributed by atoms with van der Waals surface area (Å²) >= 11 is 0. The number of hydrogen-bond donors (Lipinski definition) is 1. The number of rotatable bonds is 5. The Balaban J connectivity index is 1.66. The van der Waals surface area contributed by atoms with Crippen molar-refractivity contribution >= 4 is 29.0 Å². The van der Waals surface area contributed by atoms with Gasteiger partial charge < -0.3 is 14.8 Å². The number of ketones is 1. The monoisotopic (exact) mass is 510 g/mol. The average molecular weight is 511 g/mol.